The van der Waals surface area contributed by atoms with Gasteiger partial charge in [0.15, 0.2) is 0 Å². The second-order valence-corrected chi connectivity index (χ2v) is 9.52. The van der Waals surface area contributed by atoms with E-state index >= 15 is 0 Å². The van der Waals surface area contributed by atoms with Gasteiger partial charge in [-0.15, -0.1) is 0 Å². The maximum absolute atomic E-state index is 12.6. The van der Waals surface area contributed by atoms with Gasteiger partial charge in [0, 0.05) is 30.7 Å². The summed E-state index contributed by atoms with van der Waals surface area (Å²) in [7, 11) is 0. The minimum atomic E-state index is -0.500. The third-order valence-electron chi connectivity index (χ3n) is 5.43. The van der Waals surface area contributed by atoms with E-state index in [1.54, 1.807) is 0 Å². The van der Waals surface area contributed by atoms with Crippen molar-refractivity contribution in [1.82, 2.24) is 14.5 Å². The largest absolute Gasteiger partial charge is 0.444 e. The van der Waals surface area contributed by atoms with Crippen LogP contribution < -0.4 is 4.90 Å². The van der Waals surface area contributed by atoms with E-state index in [4.69, 9.17) is 21.3 Å². The molecule has 1 fully saturated rings. The molecule has 0 bridgehead atoms. The van der Waals surface area contributed by atoms with Crippen LogP contribution in [-0.4, -0.2) is 51.8 Å². The summed E-state index contributed by atoms with van der Waals surface area (Å²) in [4.78, 5) is 21.6. The molecule has 1 amide bonds. The Morgan fingerprint density at radius 1 is 1.13 bits per heavy atom. The van der Waals surface area contributed by atoms with Gasteiger partial charge >= 0.3 is 6.09 Å². The fourth-order valence-corrected chi connectivity index (χ4v) is 4.09. The monoisotopic (exact) mass is 440 g/mol. The summed E-state index contributed by atoms with van der Waals surface area (Å²) >= 11 is 6.07. The van der Waals surface area contributed by atoms with Gasteiger partial charge in [0.25, 0.3) is 0 Å². The van der Waals surface area contributed by atoms with Gasteiger partial charge in [0.1, 0.15) is 5.60 Å². The van der Waals surface area contributed by atoms with Crippen LogP contribution in [0.1, 0.15) is 33.3 Å². The topological polar surface area (TPSA) is 50.6 Å². The van der Waals surface area contributed by atoms with Crippen LogP contribution in [0, 0.1) is 0 Å². The minimum Gasteiger partial charge on any atom is -0.444 e. The van der Waals surface area contributed by atoms with Gasteiger partial charge in [-0.1, -0.05) is 35.9 Å². The first kappa shape index (κ1) is 21.5. The van der Waals surface area contributed by atoms with E-state index in [1.165, 1.54) is 0 Å². The summed E-state index contributed by atoms with van der Waals surface area (Å²) in [6.07, 6.45) is -0.255. The summed E-state index contributed by atoms with van der Waals surface area (Å²) in [5.74, 6) is 0.923. The van der Waals surface area contributed by atoms with E-state index in [-0.39, 0.29) is 12.1 Å². The zero-order chi connectivity index (χ0) is 22.2. The van der Waals surface area contributed by atoms with Crippen LogP contribution in [-0.2, 0) is 11.3 Å². The predicted molar refractivity (Wildman–Crippen MR) is 125 cm³/mol. The van der Waals surface area contributed by atoms with Crippen LogP contribution in [0.3, 0.4) is 0 Å². The number of hydrogen-bond donors (Lipinski definition) is 0. The van der Waals surface area contributed by atoms with E-state index in [2.05, 4.69) is 22.5 Å². The molecule has 1 saturated heterocycles. The summed E-state index contributed by atoms with van der Waals surface area (Å²) in [6.45, 7) is 10.4. The Labute approximate surface area is 188 Å². The normalized spacial score (nSPS) is 17.3. The van der Waals surface area contributed by atoms with Crippen LogP contribution in [0.5, 0.6) is 0 Å². The Morgan fingerprint density at radius 3 is 2.52 bits per heavy atom. The van der Waals surface area contributed by atoms with E-state index in [1.807, 2.05) is 68.1 Å². The zero-order valence-corrected chi connectivity index (χ0v) is 19.3. The number of nitrogens with zero attached hydrogens (tertiary/aromatic N) is 4. The lowest BCUT2D eigenvalue weighted by atomic mass is 10.2. The zero-order valence-electron chi connectivity index (χ0n) is 18.5. The van der Waals surface area contributed by atoms with Crippen LogP contribution in [0.25, 0.3) is 11.0 Å². The first-order valence-corrected chi connectivity index (χ1v) is 11.0. The summed E-state index contributed by atoms with van der Waals surface area (Å²) < 4.78 is 7.83. The number of fused-ring (bicyclic) bond motifs is 1. The van der Waals surface area contributed by atoms with Gasteiger partial charge in [0.2, 0.25) is 5.95 Å². The van der Waals surface area contributed by atoms with Crippen molar-refractivity contribution in [2.45, 2.75) is 45.9 Å². The maximum Gasteiger partial charge on any atom is 0.410 e. The quantitative estimate of drug-likeness (QED) is 0.562. The molecule has 7 heteroatoms. The van der Waals surface area contributed by atoms with Crippen molar-refractivity contribution in [2.24, 2.45) is 0 Å². The number of rotatable bonds is 3. The summed E-state index contributed by atoms with van der Waals surface area (Å²) in [5.41, 5.74) is 2.72. The molecule has 0 radical (unpaired) electrons. The highest BCUT2D eigenvalue weighted by molar-refractivity contribution is 6.30. The maximum atomic E-state index is 12.6. The number of amides is 1. The highest BCUT2D eigenvalue weighted by Gasteiger charge is 2.32. The average Bonchev–Trinajstić information content (AvgIpc) is 3.07. The highest BCUT2D eigenvalue weighted by atomic mass is 35.5. The Hall–Kier alpha value is -2.73. The number of imidazole rings is 1. The van der Waals surface area contributed by atoms with Crippen molar-refractivity contribution in [3.05, 3.63) is 59.1 Å². The number of carbonyl (C=O) groups excluding carboxylic acids is 1. The number of halogens is 1. The molecule has 0 unspecified atom stereocenters. The second-order valence-electron chi connectivity index (χ2n) is 9.08. The Bertz CT molecular complexity index is 1070. The molecule has 1 atom stereocenters. The number of benzene rings is 2. The minimum absolute atomic E-state index is 0.0207. The number of carbonyl (C=O) groups is 1. The van der Waals surface area contributed by atoms with Gasteiger partial charge < -0.3 is 19.1 Å². The number of para-hydroxylation sites is 2. The first-order chi connectivity index (χ1) is 14.7. The SMILES string of the molecule is C[C@H]1CN(c2nc3ccccc3n2Cc2ccc(Cl)cc2)CCN1C(=O)OC(C)(C)C. The Kier molecular flexibility index (Phi) is 5.84. The van der Waals surface area contributed by atoms with Crippen LogP contribution in [0.2, 0.25) is 5.02 Å². The molecule has 0 spiro atoms. The molecule has 164 valence electrons. The van der Waals surface area contributed by atoms with Gasteiger partial charge in [-0.3, -0.25) is 0 Å². The molecule has 1 aliphatic heterocycles. The van der Waals surface area contributed by atoms with E-state index in [0.717, 1.165) is 27.6 Å². The van der Waals surface area contributed by atoms with Crippen molar-refractivity contribution in [1.29, 1.82) is 0 Å². The van der Waals surface area contributed by atoms with Crippen LogP contribution in [0.15, 0.2) is 48.5 Å². The molecule has 31 heavy (non-hydrogen) atoms. The molecule has 3 aromatic rings. The molecular formula is C24H29ClN4O2. The lowest BCUT2D eigenvalue weighted by Crippen LogP contribution is -2.55. The molecule has 4 rings (SSSR count). The predicted octanol–water partition coefficient (Wildman–Crippen LogP) is 5.18. The number of ether oxygens (including phenoxy) is 1. The first-order valence-electron chi connectivity index (χ1n) is 10.7. The number of piperazine rings is 1. The van der Waals surface area contributed by atoms with E-state index in [9.17, 15) is 4.79 Å². The smallest absolute Gasteiger partial charge is 0.410 e. The molecule has 0 aliphatic carbocycles. The standard InChI is InChI=1S/C24H29ClN4O2/c1-17-15-27(13-14-28(17)23(30)31-24(2,3)4)22-26-20-7-5-6-8-21(20)29(22)16-18-9-11-19(25)12-10-18/h5-12,17H,13-16H2,1-4H3/t17-/m0/s1. The van der Waals surface area contributed by atoms with Gasteiger partial charge in [-0.25, -0.2) is 9.78 Å². The van der Waals surface area contributed by atoms with Gasteiger partial charge in [0.05, 0.1) is 17.6 Å². The molecule has 1 aromatic heterocycles. The number of aromatic nitrogens is 2. The molecule has 0 saturated carbocycles. The van der Waals surface area contributed by atoms with Gasteiger partial charge in [-0.2, -0.15) is 0 Å². The average molecular weight is 441 g/mol. The van der Waals surface area contributed by atoms with Crippen LogP contribution in [0.4, 0.5) is 10.7 Å². The molecule has 0 N–H and O–H groups in total. The summed E-state index contributed by atoms with van der Waals surface area (Å²) in [6, 6.07) is 16.1. The Balaban J connectivity index is 1.60. The third-order valence-corrected chi connectivity index (χ3v) is 5.68. The lowest BCUT2D eigenvalue weighted by Gasteiger charge is -2.40. The lowest BCUT2D eigenvalue weighted by molar-refractivity contribution is 0.0158. The van der Waals surface area contributed by atoms with Crippen LogP contribution >= 0.6 is 11.6 Å². The molecule has 2 heterocycles. The molecule has 6 nitrogen and oxygen atoms in total. The fourth-order valence-electron chi connectivity index (χ4n) is 3.96. The van der Waals surface area contributed by atoms with Crippen molar-refractivity contribution in [3.8, 4) is 0 Å². The number of hydrogen-bond acceptors (Lipinski definition) is 4. The van der Waals surface area contributed by atoms with Crippen molar-refractivity contribution < 1.29 is 9.53 Å². The van der Waals surface area contributed by atoms with E-state index in [0.29, 0.717) is 26.2 Å². The summed E-state index contributed by atoms with van der Waals surface area (Å²) in [5, 5.41) is 0.728. The third kappa shape index (κ3) is 4.79. The molecule has 2 aromatic carbocycles. The molecule has 1 aliphatic rings. The van der Waals surface area contributed by atoms with E-state index < -0.39 is 5.60 Å². The highest BCUT2D eigenvalue weighted by Crippen LogP contribution is 2.27. The van der Waals surface area contributed by atoms with Crippen molar-refractivity contribution in [2.75, 3.05) is 24.5 Å². The fraction of sp³-hybridized carbons (Fsp3) is 0.417. The number of anilines is 1. The second kappa shape index (κ2) is 8.42. The van der Waals surface area contributed by atoms with Gasteiger partial charge in [-0.05, 0) is 57.5 Å². The Morgan fingerprint density at radius 2 is 1.84 bits per heavy atom. The van der Waals surface area contributed by atoms with Crippen molar-refractivity contribution >= 4 is 34.7 Å². The molecular weight excluding hydrogens is 412 g/mol. The van der Waals surface area contributed by atoms with Crippen molar-refractivity contribution in [3.63, 3.8) is 0 Å².